The second kappa shape index (κ2) is 17.8. The Bertz CT molecular complexity index is 1500. The molecule has 2 spiro atoms. The maximum absolute atomic E-state index is 11.7. The number of halogens is 8. The van der Waals surface area contributed by atoms with E-state index < -0.39 is 24.3 Å². The van der Waals surface area contributed by atoms with Crippen LogP contribution in [0.4, 0.5) is 38.0 Å². The molecule has 5 rings (SSSR count). The Morgan fingerprint density at radius 1 is 0.635 bits per heavy atom. The zero-order valence-corrected chi connectivity index (χ0v) is 30.7. The third kappa shape index (κ3) is 10.9. The Morgan fingerprint density at radius 3 is 1.12 bits per heavy atom. The highest BCUT2D eigenvalue weighted by atomic mass is 35.5. The van der Waals surface area contributed by atoms with E-state index in [0.717, 1.165) is 100 Å². The van der Waals surface area contributed by atoms with Crippen molar-refractivity contribution in [3.05, 3.63) is 21.4 Å². The van der Waals surface area contributed by atoms with Gasteiger partial charge < -0.3 is 38.6 Å². The van der Waals surface area contributed by atoms with Gasteiger partial charge in [-0.05, 0) is 12.5 Å². The number of rotatable bonds is 6. The van der Waals surface area contributed by atoms with Crippen LogP contribution in [0.25, 0.3) is 0 Å². The number of carboxylic acid groups (broad SMARTS) is 2. The number of aldehydes is 2. The van der Waals surface area contributed by atoms with Crippen LogP contribution in [0.5, 0.6) is 0 Å². The molecule has 0 radical (unpaired) electrons. The lowest BCUT2D eigenvalue weighted by molar-refractivity contribution is -1.03. The van der Waals surface area contributed by atoms with Gasteiger partial charge in [-0.15, -0.1) is 0 Å². The van der Waals surface area contributed by atoms with Crippen LogP contribution in [-0.2, 0) is 9.59 Å². The lowest BCUT2D eigenvalue weighted by atomic mass is 10.1. The summed E-state index contributed by atoms with van der Waals surface area (Å²) >= 11 is 15.4. The summed E-state index contributed by atoms with van der Waals surface area (Å²) in [5, 5.41) is 19.2. The van der Waals surface area contributed by atoms with E-state index in [4.69, 9.17) is 43.0 Å². The van der Waals surface area contributed by atoms with E-state index in [0.29, 0.717) is 33.1 Å². The Hall–Kier alpha value is -3.18. The number of carboxylic acids is 2. The molecule has 3 aliphatic rings. The molecule has 3 aliphatic heterocycles. The van der Waals surface area contributed by atoms with E-state index in [-0.39, 0.29) is 10.3 Å². The van der Waals surface area contributed by atoms with Crippen molar-refractivity contribution >= 4 is 82.9 Å². The molecule has 14 nitrogen and oxygen atoms in total. The van der Waals surface area contributed by atoms with Crippen molar-refractivity contribution < 1.29 is 64.7 Å². The van der Waals surface area contributed by atoms with Gasteiger partial charge in [-0.1, -0.05) is 46.7 Å². The lowest BCUT2D eigenvalue weighted by Crippen LogP contribution is -2.73. The second-order valence-electron chi connectivity index (χ2n) is 11.7. The number of thioether (sulfide) groups is 2. The number of carbonyl (C=O) groups is 4. The average molecular weight is 826 g/mol. The van der Waals surface area contributed by atoms with Crippen molar-refractivity contribution in [2.75, 3.05) is 101 Å². The third-order valence-electron chi connectivity index (χ3n) is 8.85. The van der Waals surface area contributed by atoms with E-state index in [1.54, 1.807) is 0 Å². The van der Waals surface area contributed by atoms with E-state index in [2.05, 4.69) is 29.7 Å². The highest BCUT2D eigenvalue weighted by Crippen LogP contribution is 2.32. The number of quaternary nitrogens is 2. The van der Waals surface area contributed by atoms with Crippen LogP contribution in [0.2, 0.25) is 10.3 Å². The summed E-state index contributed by atoms with van der Waals surface area (Å²) in [4.78, 5) is 63.0. The number of hydrogen-bond donors (Lipinski definition) is 0. The van der Waals surface area contributed by atoms with Crippen LogP contribution in [0.3, 0.4) is 0 Å². The molecule has 0 saturated carbocycles. The number of aliphatic carboxylic acids is 2. The summed E-state index contributed by atoms with van der Waals surface area (Å²) < 4.78 is 65.3. The summed E-state index contributed by atoms with van der Waals surface area (Å²) in [6.07, 6.45) is -5.04. The molecule has 0 bridgehead atoms. The predicted octanol–water partition coefficient (Wildman–Crippen LogP) is 1.23. The minimum absolute atomic E-state index is 0.224. The number of piperazine rings is 3. The maximum atomic E-state index is 11.7. The molecular weight excluding hydrogens is 793 g/mol. The molecule has 52 heavy (non-hydrogen) atoms. The van der Waals surface area contributed by atoms with Crippen LogP contribution in [0, 0.1) is 0 Å². The SMILES string of the molecule is CSc1nc(Cl)c(C=O)c(N2CC[N+]3(CC2)CC[N+]2(CCN(c4nc(SC)nc(Cl)c4C=O)CC2)CC3)n1.O=C([O-])C(F)(F)F.O=C([O-])C(F)(F)F. The Kier molecular flexibility index (Phi) is 14.8. The number of aromatic nitrogens is 4. The Balaban J connectivity index is 0.000000441. The van der Waals surface area contributed by atoms with Gasteiger partial charge in [0, 0.05) is 0 Å². The smallest absolute Gasteiger partial charge is 0.430 e. The fourth-order valence-electron chi connectivity index (χ4n) is 5.86. The average Bonchev–Trinajstić information content (AvgIpc) is 3.09. The molecule has 2 aromatic heterocycles. The molecule has 288 valence electrons. The van der Waals surface area contributed by atoms with Gasteiger partial charge in [0.25, 0.3) is 0 Å². The largest absolute Gasteiger partial charge is 0.542 e. The standard InChI is InChI=1S/C24H32Cl2N8O2S2.2C2HF3O2/c1-37-23-27-19(25)17(15-35)21(29-23)31-3-7-33(8-4-31)11-13-34(14-12-33)9-5-32(6-10-34)22-18(16-36)20(26)28-24(30-22)38-2;2*3-2(4,5)1(6)7/h15-16H,3-14H2,1-2H3;2*(H,6,7)/q+2;;/p-2. The molecule has 0 amide bonds. The van der Waals surface area contributed by atoms with Gasteiger partial charge in [-0.25, -0.2) is 19.9 Å². The first kappa shape index (κ1) is 43.2. The minimum Gasteiger partial charge on any atom is -0.542 e. The van der Waals surface area contributed by atoms with Gasteiger partial charge in [0.1, 0.15) is 60.1 Å². The molecule has 24 heteroatoms. The molecule has 2 aromatic rings. The number of anilines is 2. The van der Waals surface area contributed by atoms with Crippen LogP contribution in [0.1, 0.15) is 20.7 Å². The highest BCUT2D eigenvalue weighted by Gasteiger charge is 2.46. The van der Waals surface area contributed by atoms with Crippen LogP contribution >= 0.6 is 46.7 Å². The first-order chi connectivity index (χ1) is 24.2. The molecule has 3 fully saturated rings. The number of hydrogen-bond acceptors (Lipinski definition) is 14. The van der Waals surface area contributed by atoms with Gasteiger partial charge in [-0.3, -0.25) is 9.59 Å². The minimum atomic E-state index is -5.19. The molecule has 0 N–H and O–H groups in total. The normalized spacial score (nSPS) is 18.1. The molecule has 0 unspecified atom stereocenters. The summed E-state index contributed by atoms with van der Waals surface area (Å²) in [7, 11) is 0. The zero-order chi connectivity index (χ0) is 39.1. The Labute approximate surface area is 311 Å². The molecule has 0 atom stereocenters. The van der Waals surface area contributed by atoms with Crippen molar-refractivity contribution in [1.29, 1.82) is 0 Å². The monoisotopic (exact) mass is 824 g/mol. The van der Waals surface area contributed by atoms with Gasteiger partial charge >= 0.3 is 12.4 Å². The molecule has 5 heterocycles. The lowest BCUT2D eigenvalue weighted by Gasteiger charge is -2.54. The quantitative estimate of drug-likeness (QED) is 0.102. The van der Waals surface area contributed by atoms with Gasteiger partial charge in [0.2, 0.25) is 0 Å². The summed E-state index contributed by atoms with van der Waals surface area (Å²) in [6, 6.07) is 0. The molecule has 0 aromatic carbocycles. The Morgan fingerprint density at radius 2 is 0.904 bits per heavy atom. The molecule has 3 saturated heterocycles. The van der Waals surface area contributed by atoms with E-state index in [1.807, 2.05) is 12.5 Å². The van der Waals surface area contributed by atoms with E-state index >= 15 is 0 Å². The van der Waals surface area contributed by atoms with Crippen molar-refractivity contribution in [3.63, 3.8) is 0 Å². The zero-order valence-electron chi connectivity index (χ0n) is 27.5. The fraction of sp³-hybridized carbons (Fsp3) is 0.571. The van der Waals surface area contributed by atoms with E-state index in [9.17, 15) is 35.9 Å². The predicted molar refractivity (Wildman–Crippen MR) is 174 cm³/mol. The topological polar surface area (TPSA) is 172 Å². The third-order valence-corrected chi connectivity index (χ3v) is 10.5. The van der Waals surface area contributed by atoms with Crippen molar-refractivity contribution in [3.8, 4) is 0 Å². The second-order valence-corrected chi connectivity index (χ2v) is 14.0. The van der Waals surface area contributed by atoms with Crippen molar-refractivity contribution in [2.45, 2.75) is 22.7 Å². The first-order valence-corrected chi connectivity index (χ1v) is 18.3. The van der Waals surface area contributed by atoms with Crippen molar-refractivity contribution in [2.24, 2.45) is 0 Å². The van der Waals surface area contributed by atoms with E-state index in [1.165, 1.54) is 23.5 Å². The van der Waals surface area contributed by atoms with Gasteiger partial charge in [-0.2, -0.15) is 26.3 Å². The number of carbonyl (C=O) groups excluding carboxylic acids is 4. The van der Waals surface area contributed by atoms with Crippen LogP contribution in [0.15, 0.2) is 10.3 Å². The molecular formula is C28H32Cl2F6N8O6S2. The fourth-order valence-corrected chi connectivity index (χ4v) is 7.10. The van der Waals surface area contributed by atoms with Gasteiger partial charge in [0.05, 0.1) is 63.5 Å². The summed E-state index contributed by atoms with van der Waals surface area (Å²) in [6.45, 7) is 12.1. The first-order valence-electron chi connectivity index (χ1n) is 15.1. The highest BCUT2D eigenvalue weighted by molar-refractivity contribution is 7.98. The van der Waals surface area contributed by atoms with Crippen LogP contribution < -0.4 is 20.0 Å². The maximum Gasteiger partial charge on any atom is 0.430 e. The number of alkyl halides is 6. The number of nitrogens with zero attached hydrogens (tertiary/aromatic N) is 8. The summed E-state index contributed by atoms with van der Waals surface area (Å²) in [5.41, 5.74) is 0.762. The summed E-state index contributed by atoms with van der Waals surface area (Å²) in [5.74, 6) is -4.70. The van der Waals surface area contributed by atoms with Crippen LogP contribution in [-0.4, -0.2) is 157 Å². The van der Waals surface area contributed by atoms with Crippen molar-refractivity contribution in [1.82, 2.24) is 19.9 Å². The molecule has 0 aliphatic carbocycles. The van der Waals surface area contributed by atoms with Gasteiger partial charge in [0.15, 0.2) is 22.9 Å².